The van der Waals surface area contributed by atoms with Gasteiger partial charge in [-0.05, 0) is 37.3 Å². The van der Waals surface area contributed by atoms with Crippen molar-refractivity contribution in [3.63, 3.8) is 0 Å². The van der Waals surface area contributed by atoms with Crippen molar-refractivity contribution in [3.8, 4) is 17.2 Å². The molecule has 0 saturated heterocycles. The van der Waals surface area contributed by atoms with E-state index in [4.69, 9.17) is 21.1 Å². The van der Waals surface area contributed by atoms with Crippen LogP contribution in [-0.2, 0) is 10.0 Å². The van der Waals surface area contributed by atoms with E-state index in [-0.39, 0.29) is 4.90 Å². The summed E-state index contributed by atoms with van der Waals surface area (Å²) in [6, 6.07) is 11.8. The van der Waals surface area contributed by atoms with Gasteiger partial charge in [0.05, 0.1) is 31.8 Å². The number of methoxy groups -OCH3 is 1. The van der Waals surface area contributed by atoms with Gasteiger partial charge in [-0.15, -0.1) is 0 Å². The lowest BCUT2D eigenvalue weighted by Crippen LogP contribution is -2.13. The number of halogens is 1. The minimum atomic E-state index is -3.86. The van der Waals surface area contributed by atoms with E-state index in [9.17, 15) is 8.42 Å². The molecular weight excluding hydrogens is 390 g/mol. The number of rotatable bonds is 7. The smallest absolute Gasteiger partial charge is 0.265 e. The number of sulfonamides is 1. The van der Waals surface area contributed by atoms with Crippen LogP contribution in [0.4, 0.5) is 5.69 Å². The second-order valence-corrected chi connectivity index (χ2v) is 7.59. The molecule has 3 aromatic rings. The Kier molecular flexibility index (Phi) is 5.57. The molecule has 0 aliphatic carbocycles. The second kappa shape index (κ2) is 7.89. The van der Waals surface area contributed by atoms with E-state index in [1.54, 1.807) is 42.5 Å². The first kappa shape index (κ1) is 19.1. The number of para-hydroxylation sites is 2. The Balaban J connectivity index is 1.93. The third kappa shape index (κ3) is 4.17. The Morgan fingerprint density at radius 2 is 1.96 bits per heavy atom. The van der Waals surface area contributed by atoms with Crippen molar-refractivity contribution >= 4 is 27.3 Å². The molecule has 0 aliphatic rings. The lowest BCUT2D eigenvalue weighted by Gasteiger charge is -2.11. The molecule has 142 valence electrons. The minimum Gasteiger partial charge on any atom is -0.494 e. The van der Waals surface area contributed by atoms with Crippen molar-refractivity contribution in [3.05, 3.63) is 59.9 Å². The molecule has 0 fully saturated rings. The molecule has 0 unspecified atom stereocenters. The Bertz CT molecular complexity index is 1050. The first-order valence-electron chi connectivity index (χ1n) is 8.08. The molecule has 2 aromatic carbocycles. The number of hydrogen-bond acceptors (Lipinski definition) is 5. The molecule has 0 atom stereocenters. The van der Waals surface area contributed by atoms with Crippen molar-refractivity contribution in [1.29, 1.82) is 0 Å². The fourth-order valence-corrected chi connectivity index (χ4v) is 3.62. The van der Waals surface area contributed by atoms with Crippen LogP contribution in [0.1, 0.15) is 6.92 Å². The SMILES string of the molecule is CCOc1ccccc1NS(=O)(=O)c1cnn(-c2cc(Cl)ccc2OC)c1. The molecule has 9 heteroatoms. The topological polar surface area (TPSA) is 82.5 Å². The second-order valence-electron chi connectivity index (χ2n) is 5.47. The highest BCUT2D eigenvalue weighted by Crippen LogP contribution is 2.29. The Labute approximate surface area is 162 Å². The molecule has 0 spiro atoms. The fraction of sp³-hybridized carbons (Fsp3) is 0.167. The van der Waals surface area contributed by atoms with E-state index in [2.05, 4.69) is 9.82 Å². The molecule has 0 aliphatic heterocycles. The Hall–Kier alpha value is -2.71. The summed E-state index contributed by atoms with van der Waals surface area (Å²) >= 11 is 6.03. The van der Waals surface area contributed by atoms with Gasteiger partial charge in [0.1, 0.15) is 22.1 Å². The molecule has 1 N–H and O–H groups in total. The Morgan fingerprint density at radius 3 is 2.70 bits per heavy atom. The molecule has 1 aromatic heterocycles. The molecule has 0 saturated carbocycles. The van der Waals surface area contributed by atoms with Crippen molar-refractivity contribution < 1.29 is 17.9 Å². The summed E-state index contributed by atoms with van der Waals surface area (Å²) in [5.41, 5.74) is 0.883. The van der Waals surface area contributed by atoms with E-state index in [1.807, 2.05) is 6.92 Å². The molecule has 7 nitrogen and oxygen atoms in total. The quantitative estimate of drug-likeness (QED) is 0.645. The molecule has 3 rings (SSSR count). The van der Waals surface area contributed by atoms with Crippen molar-refractivity contribution in [2.75, 3.05) is 18.4 Å². The van der Waals surface area contributed by atoms with Crippen LogP contribution < -0.4 is 14.2 Å². The van der Waals surface area contributed by atoms with E-state index >= 15 is 0 Å². The van der Waals surface area contributed by atoms with Crippen LogP contribution in [0.5, 0.6) is 11.5 Å². The maximum absolute atomic E-state index is 12.7. The first-order valence-corrected chi connectivity index (χ1v) is 9.94. The lowest BCUT2D eigenvalue weighted by atomic mass is 10.3. The summed E-state index contributed by atoms with van der Waals surface area (Å²) in [6.07, 6.45) is 2.64. The molecule has 0 bridgehead atoms. The van der Waals surface area contributed by atoms with Crippen LogP contribution >= 0.6 is 11.6 Å². The summed E-state index contributed by atoms with van der Waals surface area (Å²) in [7, 11) is -2.34. The predicted octanol–water partition coefficient (Wildman–Crippen LogP) is 3.73. The van der Waals surface area contributed by atoms with Gasteiger partial charge >= 0.3 is 0 Å². The summed E-state index contributed by atoms with van der Waals surface area (Å²) < 4.78 is 40.2. The number of nitrogens with zero attached hydrogens (tertiary/aromatic N) is 2. The monoisotopic (exact) mass is 407 g/mol. The van der Waals surface area contributed by atoms with Crippen LogP contribution in [0.2, 0.25) is 5.02 Å². The highest BCUT2D eigenvalue weighted by molar-refractivity contribution is 7.92. The highest BCUT2D eigenvalue weighted by Gasteiger charge is 2.20. The van der Waals surface area contributed by atoms with Gasteiger partial charge in [-0.2, -0.15) is 5.10 Å². The molecule has 0 radical (unpaired) electrons. The lowest BCUT2D eigenvalue weighted by molar-refractivity contribution is 0.342. The number of anilines is 1. The van der Waals surface area contributed by atoms with Crippen LogP contribution in [0.3, 0.4) is 0 Å². The van der Waals surface area contributed by atoms with Crippen molar-refractivity contribution in [2.45, 2.75) is 11.8 Å². The average Bonchev–Trinajstić information content (AvgIpc) is 3.14. The zero-order chi connectivity index (χ0) is 19.4. The number of aromatic nitrogens is 2. The molecule has 1 heterocycles. The third-order valence-corrected chi connectivity index (χ3v) is 5.24. The van der Waals surface area contributed by atoms with Crippen molar-refractivity contribution in [1.82, 2.24) is 9.78 Å². The summed E-state index contributed by atoms with van der Waals surface area (Å²) in [5.74, 6) is 0.966. The van der Waals surface area contributed by atoms with Gasteiger partial charge in [0.15, 0.2) is 0 Å². The standard InChI is InChI=1S/C18H18ClN3O4S/c1-3-26-17-7-5-4-6-15(17)21-27(23,24)14-11-20-22(12-14)16-10-13(19)8-9-18(16)25-2/h4-12,21H,3H2,1-2H3. The summed E-state index contributed by atoms with van der Waals surface area (Å²) in [4.78, 5) is -0.00386. The average molecular weight is 408 g/mol. The summed E-state index contributed by atoms with van der Waals surface area (Å²) in [6.45, 7) is 2.25. The molecule has 27 heavy (non-hydrogen) atoms. The largest absolute Gasteiger partial charge is 0.494 e. The zero-order valence-electron chi connectivity index (χ0n) is 14.7. The van der Waals surface area contributed by atoms with Crippen LogP contribution in [0.25, 0.3) is 5.69 Å². The number of ether oxygens (including phenoxy) is 2. The molecular formula is C18H18ClN3O4S. The highest BCUT2D eigenvalue weighted by atomic mass is 35.5. The van der Waals surface area contributed by atoms with Gasteiger partial charge < -0.3 is 9.47 Å². The van der Waals surface area contributed by atoms with E-state index < -0.39 is 10.0 Å². The number of nitrogens with one attached hydrogen (secondary N) is 1. The van der Waals surface area contributed by atoms with E-state index in [0.717, 1.165) is 0 Å². The van der Waals surface area contributed by atoms with Gasteiger partial charge in [-0.25, -0.2) is 13.1 Å². The predicted molar refractivity (Wildman–Crippen MR) is 104 cm³/mol. The van der Waals surface area contributed by atoms with Crippen LogP contribution in [-0.4, -0.2) is 31.9 Å². The fourth-order valence-electron chi connectivity index (χ4n) is 2.45. The van der Waals surface area contributed by atoms with Crippen molar-refractivity contribution in [2.24, 2.45) is 0 Å². The van der Waals surface area contributed by atoms with Crippen LogP contribution in [0, 0.1) is 0 Å². The number of benzene rings is 2. The van der Waals surface area contributed by atoms with Gasteiger partial charge in [0.25, 0.3) is 10.0 Å². The molecule has 0 amide bonds. The van der Waals surface area contributed by atoms with Gasteiger partial charge in [-0.1, -0.05) is 23.7 Å². The van der Waals surface area contributed by atoms with Gasteiger partial charge in [0.2, 0.25) is 0 Å². The zero-order valence-corrected chi connectivity index (χ0v) is 16.3. The summed E-state index contributed by atoms with van der Waals surface area (Å²) in [5, 5.41) is 4.61. The van der Waals surface area contributed by atoms with Gasteiger partial charge in [-0.3, -0.25) is 4.72 Å². The Morgan fingerprint density at radius 1 is 1.19 bits per heavy atom. The first-order chi connectivity index (χ1) is 12.9. The maximum Gasteiger partial charge on any atom is 0.265 e. The number of hydrogen-bond donors (Lipinski definition) is 1. The van der Waals surface area contributed by atoms with E-state index in [0.29, 0.717) is 34.5 Å². The third-order valence-electron chi connectivity index (χ3n) is 3.69. The maximum atomic E-state index is 12.7. The van der Waals surface area contributed by atoms with Gasteiger partial charge in [0, 0.05) is 5.02 Å². The normalized spacial score (nSPS) is 11.2. The van der Waals surface area contributed by atoms with Crippen LogP contribution in [0.15, 0.2) is 59.8 Å². The minimum absolute atomic E-state index is 0.00386. The van der Waals surface area contributed by atoms with E-state index in [1.165, 1.54) is 24.2 Å².